The lowest BCUT2D eigenvalue weighted by Crippen LogP contribution is -2.53. The lowest BCUT2D eigenvalue weighted by molar-refractivity contribution is 0.511. The third-order valence-corrected chi connectivity index (χ3v) is 5.44. The molecule has 6 heteroatoms. The summed E-state index contributed by atoms with van der Waals surface area (Å²) in [6.45, 7) is 7.22. The maximum absolute atomic E-state index is 12.4. The van der Waals surface area contributed by atoms with Gasteiger partial charge in [-0.15, -0.1) is 0 Å². The Hall–Kier alpha value is -0.980. The average molecular weight is 300 g/mol. The van der Waals surface area contributed by atoms with Gasteiger partial charge in [0.15, 0.2) is 0 Å². The zero-order chi connectivity index (χ0) is 14.8. The first kappa shape index (κ1) is 16.1. The van der Waals surface area contributed by atoms with Gasteiger partial charge < -0.3 is 5.73 Å². The van der Waals surface area contributed by atoms with Gasteiger partial charge >= 0.3 is 0 Å². The highest BCUT2D eigenvalue weighted by Gasteiger charge is 2.32. The van der Waals surface area contributed by atoms with E-state index in [-0.39, 0.29) is 9.88 Å². The number of thiocarbonyl (C=S) groups is 1. The van der Waals surface area contributed by atoms with E-state index in [0.29, 0.717) is 12.0 Å². The van der Waals surface area contributed by atoms with E-state index >= 15 is 0 Å². The summed E-state index contributed by atoms with van der Waals surface area (Å²) in [5.41, 5.74) is 6.44. The summed E-state index contributed by atoms with van der Waals surface area (Å²) in [7, 11) is -3.64. The average Bonchev–Trinajstić information content (AvgIpc) is 2.27. The van der Waals surface area contributed by atoms with Crippen LogP contribution in [0.1, 0.15) is 31.4 Å². The van der Waals surface area contributed by atoms with Gasteiger partial charge in [-0.3, -0.25) is 0 Å². The van der Waals surface area contributed by atoms with E-state index in [2.05, 4.69) is 4.72 Å². The summed E-state index contributed by atoms with van der Waals surface area (Å²) >= 11 is 4.95. The summed E-state index contributed by atoms with van der Waals surface area (Å²) in [6, 6.07) is 5.20. The molecule has 0 radical (unpaired) electrons. The van der Waals surface area contributed by atoms with Crippen molar-refractivity contribution in [1.82, 2.24) is 4.72 Å². The molecule has 0 heterocycles. The van der Waals surface area contributed by atoms with Crippen molar-refractivity contribution in [1.29, 1.82) is 0 Å². The van der Waals surface area contributed by atoms with E-state index in [9.17, 15) is 8.42 Å². The maximum atomic E-state index is 12.4. The molecule has 106 valence electrons. The second kappa shape index (κ2) is 5.56. The molecule has 1 unspecified atom stereocenters. The Morgan fingerprint density at radius 1 is 1.42 bits per heavy atom. The van der Waals surface area contributed by atoms with Crippen molar-refractivity contribution < 1.29 is 8.42 Å². The third-order valence-electron chi connectivity index (χ3n) is 3.23. The molecule has 0 saturated carbocycles. The number of nitrogens with one attached hydrogen (secondary N) is 1. The van der Waals surface area contributed by atoms with Gasteiger partial charge in [0.25, 0.3) is 0 Å². The first-order valence-corrected chi connectivity index (χ1v) is 7.92. The number of benzene rings is 1. The Morgan fingerprint density at radius 2 is 2.00 bits per heavy atom. The van der Waals surface area contributed by atoms with E-state index < -0.39 is 15.6 Å². The highest BCUT2D eigenvalue weighted by molar-refractivity contribution is 7.89. The predicted molar refractivity (Wildman–Crippen MR) is 81.7 cm³/mol. The zero-order valence-corrected chi connectivity index (χ0v) is 13.3. The monoisotopic (exact) mass is 300 g/mol. The molecule has 1 aromatic rings. The molecule has 0 amide bonds. The largest absolute Gasteiger partial charge is 0.392 e. The normalized spacial score (nSPS) is 14.9. The van der Waals surface area contributed by atoms with Crippen molar-refractivity contribution in [3.05, 3.63) is 29.3 Å². The number of hydrogen-bond acceptors (Lipinski definition) is 3. The van der Waals surface area contributed by atoms with Crippen LogP contribution in [-0.4, -0.2) is 18.9 Å². The predicted octanol–water partition coefficient (Wildman–Crippen LogP) is 2.04. The van der Waals surface area contributed by atoms with Gasteiger partial charge in [0.05, 0.1) is 15.4 Å². The molecule has 0 saturated heterocycles. The van der Waals surface area contributed by atoms with Crippen LogP contribution in [-0.2, 0) is 10.0 Å². The molecule has 0 fully saturated rings. The van der Waals surface area contributed by atoms with Crippen LogP contribution < -0.4 is 10.5 Å². The molecule has 1 atom stereocenters. The van der Waals surface area contributed by atoms with Crippen LogP contribution in [0.5, 0.6) is 0 Å². The molecule has 1 rings (SSSR count). The smallest absolute Gasteiger partial charge is 0.241 e. The number of aryl methyl sites for hydroxylation is 2. The molecule has 0 aromatic heterocycles. The molecule has 0 aliphatic rings. The Labute approximate surface area is 120 Å². The fraction of sp³-hybridized carbons (Fsp3) is 0.462. The molecule has 0 aliphatic carbocycles. The second-order valence-corrected chi connectivity index (χ2v) is 7.02. The second-order valence-electron chi connectivity index (χ2n) is 4.92. The van der Waals surface area contributed by atoms with Gasteiger partial charge in [-0.2, -0.15) is 4.72 Å². The van der Waals surface area contributed by atoms with E-state index in [1.807, 2.05) is 19.9 Å². The molecule has 19 heavy (non-hydrogen) atoms. The van der Waals surface area contributed by atoms with Crippen LogP contribution in [0, 0.1) is 13.8 Å². The number of hydrogen-bond donors (Lipinski definition) is 2. The molecular formula is C13H20N2O2S2. The minimum atomic E-state index is -3.64. The minimum absolute atomic E-state index is 0.142. The summed E-state index contributed by atoms with van der Waals surface area (Å²) < 4.78 is 27.4. The first-order chi connectivity index (χ1) is 8.62. The number of rotatable bonds is 5. The van der Waals surface area contributed by atoms with Crippen LogP contribution >= 0.6 is 12.2 Å². The van der Waals surface area contributed by atoms with Crippen LogP contribution in [0.15, 0.2) is 23.1 Å². The summed E-state index contributed by atoms with van der Waals surface area (Å²) in [6.07, 6.45) is 0.493. The SMILES string of the molecule is CCC(C)(NS(=O)(=O)c1ccc(C)cc1C)C(N)=S. The Kier molecular flexibility index (Phi) is 4.71. The van der Waals surface area contributed by atoms with Crippen molar-refractivity contribution in [2.75, 3.05) is 0 Å². The quantitative estimate of drug-likeness (QED) is 0.816. The highest BCUT2D eigenvalue weighted by Crippen LogP contribution is 2.20. The van der Waals surface area contributed by atoms with Crippen molar-refractivity contribution >= 4 is 27.2 Å². The topological polar surface area (TPSA) is 72.2 Å². The van der Waals surface area contributed by atoms with Gasteiger partial charge in [0.1, 0.15) is 0 Å². The van der Waals surface area contributed by atoms with Gasteiger partial charge in [-0.1, -0.05) is 36.8 Å². The van der Waals surface area contributed by atoms with E-state index in [4.69, 9.17) is 18.0 Å². The standard InChI is InChI=1S/C13H20N2O2S2/c1-5-13(4,12(14)18)15-19(16,17)11-7-6-9(2)8-10(11)3/h6-8,15H,5H2,1-4H3,(H2,14,18). The minimum Gasteiger partial charge on any atom is -0.392 e. The summed E-state index contributed by atoms with van der Waals surface area (Å²) in [5, 5.41) is 0. The van der Waals surface area contributed by atoms with Crippen molar-refractivity contribution in [2.45, 2.75) is 44.6 Å². The molecule has 0 spiro atoms. The Bertz CT molecular complexity index is 597. The van der Waals surface area contributed by atoms with Gasteiger partial charge in [0, 0.05) is 0 Å². The molecule has 0 aliphatic heterocycles. The van der Waals surface area contributed by atoms with E-state index in [1.54, 1.807) is 26.0 Å². The fourth-order valence-corrected chi connectivity index (χ4v) is 3.70. The van der Waals surface area contributed by atoms with Crippen molar-refractivity contribution in [3.63, 3.8) is 0 Å². The summed E-state index contributed by atoms with van der Waals surface area (Å²) in [5.74, 6) is 0. The van der Waals surface area contributed by atoms with Crippen LogP contribution in [0.25, 0.3) is 0 Å². The fourth-order valence-electron chi connectivity index (χ4n) is 1.75. The van der Waals surface area contributed by atoms with Gasteiger partial charge in [0.2, 0.25) is 10.0 Å². The maximum Gasteiger partial charge on any atom is 0.241 e. The van der Waals surface area contributed by atoms with Crippen molar-refractivity contribution in [3.8, 4) is 0 Å². The van der Waals surface area contributed by atoms with Crippen LogP contribution in [0.3, 0.4) is 0 Å². The lowest BCUT2D eigenvalue weighted by atomic mass is 10.0. The molecule has 1 aromatic carbocycles. The summed E-state index contributed by atoms with van der Waals surface area (Å²) in [4.78, 5) is 0.400. The van der Waals surface area contributed by atoms with Gasteiger partial charge in [-0.05, 0) is 38.8 Å². The zero-order valence-electron chi connectivity index (χ0n) is 11.6. The van der Waals surface area contributed by atoms with E-state index in [1.165, 1.54) is 0 Å². The highest BCUT2D eigenvalue weighted by atomic mass is 32.2. The van der Waals surface area contributed by atoms with Crippen molar-refractivity contribution in [2.24, 2.45) is 5.73 Å². The molecule has 0 bridgehead atoms. The lowest BCUT2D eigenvalue weighted by Gasteiger charge is -2.28. The first-order valence-electron chi connectivity index (χ1n) is 6.03. The van der Waals surface area contributed by atoms with Crippen LogP contribution in [0.2, 0.25) is 0 Å². The Balaban J connectivity index is 3.22. The Morgan fingerprint density at radius 3 is 2.42 bits per heavy atom. The molecule has 3 N–H and O–H groups in total. The van der Waals surface area contributed by atoms with Crippen LogP contribution in [0.4, 0.5) is 0 Å². The number of sulfonamides is 1. The van der Waals surface area contributed by atoms with E-state index in [0.717, 1.165) is 5.56 Å². The third kappa shape index (κ3) is 3.52. The molecule has 4 nitrogen and oxygen atoms in total. The van der Waals surface area contributed by atoms with Gasteiger partial charge in [-0.25, -0.2) is 8.42 Å². The number of nitrogens with two attached hydrogens (primary N) is 1. The molecular weight excluding hydrogens is 280 g/mol.